The minimum absolute atomic E-state index is 0.0228. The van der Waals surface area contributed by atoms with E-state index in [1.165, 1.54) is 0 Å². The van der Waals surface area contributed by atoms with Crippen LogP contribution in [0.15, 0.2) is 36.7 Å². The fraction of sp³-hybridized carbons (Fsp3) is 0.333. The third kappa shape index (κ3) is 3.25. The molecule has 1 fully saturated rings. The Bertz CT molecular complexity index is 621. The van der Waals surface area contributed by atoms with Crippen molar-refractivity contribution < 1.29 is 4.79 Å². The van der Waals surface area contributed by atoms with Crippen molar-refractivity contribution in [3.05, 3.63) is 41.7 Å². The lowest BCUT2D eigenvalue weighted by molar-refractivity contribution is -0.118. The summed E-state index contributed by atoms with van der Waals surface area (Å²) in [7, 11) is 0. The molecule has 3 rings (SSSR count). The van der Waals surface area contributed by atoms with E-state index in [1.807, 2.05) is 18.3 Å². The van der Waals surface area contributed by atoms with Crippen molar-refractivity contribution in [3.63, 3.8) is 0 Å². The molecular weight excluding hydrogens is 288 g/mol. The summed E-state index contributed by atoms with van der Waals surface area (Å²) in [6.45, 7) is 0.889. The number of anilines is 1. The van der Waals surface area contributed by atoms with Gasteiger partial charge in [0.1, 0.15) is 0 Å². The SMILES string of the molecule is O=C(Nc1cc(Cl)ccc1-n1cccn1)C1CCCCN1. The predicted octanol–water partition coefficient (Wildman–Crippen LogP) is 2.61. The van der Waals surface area contributed by atoms with Crippen molar-refractivity contribution >= 4 is 23.2 Å². The van der Waals surface area contributed by atoms with E-state index in [9.17, 15) is 4.79 Å². The Kier molecular flexibility index (Phi) is 4.22. The van der Waals surface area contributed by atoms with Crippen LogP contribution >= 0.6 is 11.6 Å². The van der Waals surface area contributed by atoms with Gasteiger partial charge in [-0.05, 0) is 43.7 Å². The van der Waals surface area contributed by atoms with Gasteiger partial charge in [0.2, 0.25) is 5.91 Å². The maximum atomic E-state index is 12.4. The van der Waals surface area contributed by atoms with Crippen molar-refractivity contribution in [2.24, 2.45) is 0 Å². The molecule has 110 valence electrons. The van der Waals surface area contributed by atoms with Crippen LogP contribution in [-0.4, -0.2) is 28.3 Å². The van der Waals surface area contributed by atoms with Crippen molar-refractivity contribution in [3.8, 4) is 5.69 Å². The molecule has 5 nitrogen and oxygen atoms in total. The molecule has 1 aliphatic heterocycles. The standard InChI is InChI=1S/C15H17ClN4O/c16-11-5-6-14(20-9-3-8-18-20)13(10-11)19-15(21)12-4-1-2-7-17-12/h3,5-6,8-10,12,17H,1-2,4,7H2,(H,19,21). The molecule has 0 saturated carbocycles. The quantitative estimate of drug-likeness (QED) is 0.916. The molecule has 1 amide bonds. The van der Waals surface area contributed by atoms with Gasteiger partial charge in [0.05, 0.1) is 17.4 Å². The Labute approximate surface area is 128 Å². The number of halogens is 1. The van der Waals surface area contributed by atoms with Gasteiger partial charge < -0.3 is 10.6 Å². The van der Waals surface area contributed by atoms with Crippen LogP contribution in [0.25, 0.3) is 5.69 Å². The molecule has 1 aliphatic rings. The van der Waals surface area contributed by atoms with E-state index >= 15 is 0 Å². The molecule has 6 heteroatoms. The largest absolute Gasteiger partial charge is 0.323 e. The average Bonchev–Trinajstić information content (AvgIpc) is 3.02. The second-order valence-corrected chi connectivity index (χ2v) is 5.54. The van der Waals surface area contributed by atoms with E-state index in [0.29, 0.717) is 10.7 Å². The van der Waals surface area contributed by atoms with E-state index in [1.54, 1.807) is 23.0 Å². The van der Waals surface area contributed by atoms with Crippen molar-refractivity contribution in [2.75, 3.05) is 11.9 Å². The normalized spacial score (nSPS) is 18.4. The highest BCUT2D eigenvalue weighted by molar-refractivity contribution is 6.31. The van der Waals surface area contributed by atoms with E-state index in [0.717, 1.165) is 31.5 Å². The number of piperidine rings is 1. The Morgan fingerprint density at radius 2 is 2.33 bits per heavy atom. The van der Waals surface area contributed by atoms with Crippen LogP contribution in [0.5, 0.6) is 0 Å². The summed E-state index contributed by atoms with van der Waals surface area (Å²) in [5.74, 6) is -0.0228. The molecule has 1 atom stereocenters. The lowest BCUT2D eigenvalue weighted by Crippen LogP contribution is -2.43. The average molecular weight is 305 g/mol. The topological polar surface area (TPSA) is 59.0 Å². The van der Waals surface area contributed by atoms with Crippen LogP contribution in [0.3, 0.4) is 0 Å². The van der Waals surface area contributed by atoms with Crippen molar-refractivity contribution in [1.29, 1.82) is 0 Å². The number of hydrogen-bond donors (Lipinski definition) is 2. The van der Waals surface area contributed by atoms with Gasteiger partial charge in [0, 0.05) is 17.4 Å². The fourth-order valence-electron chi connectivity index (χ4n) is 2.51. The summed E-state index contributed by atoms with van der Waals surface area (Å²) in [6.07, 6.45) is 6.59. The Hall–Kier alpha value is -1.85. The molecule has 2 heterocycles. The van der Waals surface area contributed by atoms with Crippen LogP contribution in [0.2, 0.25) is 5.02 Å². The Morgan fingerprint density at radius 3 is 3.05 bits per heavy atom. The number of hydrogen-bond acceptors (Lipinski definition) is 3. The zero-order valence-corrected chi connectivity index (χ0v) is 12.3. The lowest BCUT2D eigenvalue weighted by atomic mass is 10.0. The molecule has 1 unspecified atom stereocenters. The molecule has 1 aromatic carbocycles. The minimum atomic E-state index is -0.136. The first-order valence-corrected chi connectivity index (χ1v) is 7.45. The van der Waals surface area contributed by atoms with Gasteiger partial charge in [-0.1, -0.05) is 18.0 Å². The van der Waals surface area contributed by atoms with E-state index in [2.05, 4.69) is 15.7 Å². The number of nitrogens with one attached hydrogen (secondary N) is 2. The number of nitrogens with zero attached hydrogens (tertiary/aromatic N) is 2. The number of rotatable bonds is 3. The Morgan fingerprint density at radius 1 is 1.43 bits per heavy atom. The first-order valence-electron chi connectivity index (χ1n) is 7.08. The summed E-state index contributed by atoms with van der Waals surface area (Å²) < 4.78 is 1.71. The monoisotopic (exact) mass is 304 g/mol. The third-order valence-electron chi connectivity index (χ3n) is 3.59. The molecule has 2 N–H and O–H groups in total. The summed E-state index contributed by atoms with van der Waals surface area (Å²) >= 11 is 6.05. The second kappa shape index (κ2) is 6.28. The molecule has 21 heavy (non-hydrogen) atoms. The van der Waals surface area contributed by atoms with E-state index in [-0.39, 0.29) is 11.9 Å². The van der Waals surface area contributed by atoms with Gasteiger partial charge in [-0.15, -0.1) is 0 Å². The molecule has 0 bridgehead atoms. The Balaban J connectivity index is 1.84. The van der Waals surface area contributed by atoms with Crippen molar-refractivity contribution in [2.45, 2.75) is 25.3 Å². The van der Waals surface area contributed by atoms with E-state index in [4.69, 9.17) is 11.6 Å². The van der Waals surface area contributed by atoms with Crippen LogP contribution in [-0.2, 0) is 4.79 Å². The van der Waals surface area contributed by atoms with Crippen LogP contribution in [0.4, 0.5) is 5.69 Å². The predicted molar refractivity (Wildman–Crippen MR) is 82.8 cm³/mol. The minimum Gasteiger partial charge on any atom is -0.323 e. The highest BCUT2D eigenvalue weighted by Gasteiger charge is 2.21. The zero-order valence-electron chi connectivity index (χ0n) is 11.6. The second-order valence-electron chi connectivity index (χ2n) is 5.10. The molecule has 1 saturated heterocycles. The van der Waals surface area contributed by atoms with Crippen LogP contribution in [0.1, 0.15) is 19.3 Å². The maximum absolute atomic E-state index is 12.4. The van der Waals surface area contributed by atoms with Crippen molar-refractivity contribution in [1.82, 2.24) is 15.1 Å². The lowest BCUT2D eigenvalue weighted by Gasteiger charge is -2.23. The highest BCUT2D eigenvalue weighted by atomic mass is 35.5. The molecule has 0 aliphatic carbocycles. The van der Waals surface area contributed by atoms with Gasteiger partial charge in [0.25, 0.3) is 0 Å². The van der Waals surface area contributed by atoms with E-state index < -0.39 is 0 Å². The third-order valence-corrected chi connectivity index (χ3v) is 3.83. The summed E-state index contributed by atoms with van der Waals surface area (Å²) in [5, 5.41) is 11.0. The molecule has 2 aromatic rings. The molecule has 0 spiro atoms. The van der Waals surface area contributed by atoms with Gasteiger partial charge >= 0.3 is 0 Å². The number of benzene rings is 1. The number of carbonyl (C=O) groups excluding carboxylic acids is 1. The molecular formula is C15H17ClN4O. The van der Waals surface area contributed by atoms with Crippen LogP contribution in [0, 0.1) is 0 Å². The number of carbonyl (C=O) groups is 1. The first-order chi connectivity index (χ1) is 10.2. The maximum Gasteiger partial charge on any atom is 0.241 e. The number of aromatic nitrogens is 2. The summed E-state index contributed by atoms with van der Waals surface area (Å²) in [5.41, 5.74) is 1.47. The van der Waals surface area contributed by atoms with Gasteiger partial charge in [-0.3, -0.25) is 4.79 Å². The zero-order chi connectivity index (χ0) is 14.7. The summed E-state index contributed by atoms with van der Waals surface area (Å²) in [6, 6.07) is 7.08. The molecule has 1 aromatic heterocycles. The van der Waals surface area contributed by atoms with Gasteiger partial charge in [-0.2, -0.15) is 5.10 Å². The van der Waals surface area contributed by atoms with Gasteiger partial charge in [0.15, 0.2) is 0 Å². The van der Waals surface area contributed by atoms with Gasteiger partial charge in [-0.25, -0.2) is 4.68 Å². The first kappa shape index (κ1) is 14.1. The molecule has 0 radical (unpaired) electrons. The van der Waals surface area contributed by atoms with Crippen LogP contribution < -0.4 is 10.6 Å². The smallest absolute Gasteiger partial charge is 0.241 e. The fourth-order valence-corrected chi connectivity index (χ4v) is 2.69. The summed E-state index contributed by atoms with van der Waals surface area (Å²) in [4.78, 5) is 12.4. The number of amides is 1. The highest BCUT2D eigenvalue weighted by Crippen LogP contribution is 2.24.